The molecule has 0 spiro atoms. The van der Waals surface area contributed by atoms with Crippen molar-refractivity contribution in [2.24, 2.45) is 12.2 Å². The second kappa shape index (κ2) is 10.5. The van der Waals surface area contributed by atoms with Gasteiger partial charge in [-0.15, -0.1) is 5.06 Å². The number of benzene rings is 2. The molecule has 1 unspecified atom stereocenters. The maximum absolute atomic E-state index is 12.5. The molecule has 0 bridgehead atoms. The largest absolute Gasteiger partial charge is 0.393 e. The average molecular weight is 465 g/mol. The number of hydrogen-bond donors (Lipinski definition) is 0. The van der Waals surface area contributed by atoms with Gasteiger partial charge in [0.2, 0.25) is 0 Å². The highest BCUT2D eigenvalue weighted by atomic mass is 32.2. The van der Waals surface area contributed by atoms with Gasteiger partial charge in [0.25, 0.3) is 5.91 Å². The van der Waals surface area contributed by atoms with E-state index in [0.717, 1.165) is 45.2 Å². The van der Waals surface area contributed by atoms with E-state index in [1.54, 1.807) is 6.21 Å². The number of hydrogen-bond acceptors (Lipinski definition) is 7. The molecule has 1 saturated heterocycles. The van der Waals surface area contributed by atoms with Crippen molar-refractivity contribution < 1.29 is 19.3 Å². The van der Waals surface area contributed by atoms with E-state index in [1.807, 2.05) is 79.2 Å². The third kappa shape index (κ3) is 5.32. The molecule has 0 aliphatic carbocycles. The molecule has 1 aliphatic rings. The molecule has 33 heavy (non-hydrogen) atoms. The van der Waals surface area contributed by atoms with E-state index < -0.39 is 10.5 Å². The van der Waals surface area contributed by atoms with Crippen LogP contribution in [0, 0.1) is 6.92 Å². The third-order valence-electron chi connectivity index (χ3n) is 5.15. The van der Waals surface area contributed by atoms with E-state index in [2.05, 4.69) is 10.1 Å². The third-order valence-corrected chi connectivity index (χ3v) is 6.17. The van der Waals surface area contributed by atoms with E-state index in [-0.39, 0.29) is 19.1 Å². The van der Waals surface area contributed by atoms with Crippen LogP contribution in [-0.2, 0) is 27.9 Å². The van der Waals surface area contributed by atoms with Crippen molar-refractivity contribution in [1.29, 1.82) is 0 Å². The Morgan fingerprint density at radius 2 is 1.76 bits per heavy atom. The highest BCUT2D eigenvalue weighted by molar-refractivity contribution is 8.15. The lowest BCUT2D eigenvalue weighted by molar-refractivity contribution is -0.167. The number of amides is 2. The van der Waals surface area contributed by atoms with E-state index in [4.69, 9.17) is 9.68 Å². The molecule has 1 aromatic heterocycles. The number of carbonyl (C=O) groups is 2. The summed E-state index contributed by atoms with van der Waals surface area (Å²) in [6.07, 6.45) is 2.07. The first kappa shape index (κ1) is 22.8. The molecule has 0 radical (unpaired) electrons. The zero-order valence-corrected chi connectivity index (χ0v) is 19.2. The van der Waals surface area contributed by atoms with Crippen molar-refractivity contribution in [2.75, 3.05) is 13.2 Å². The first-order valence-electron chi connectivity index (χ1n) is 10.5. The van der Waals surface area contributed by atoms with E-state index in [9.17, 15) is 9.59 Å². The predicted molar refractivity (Wildman–Crippen MR) is 127 cm³/mol. The van der Waals surface area contributed by atoms with Gasteiger partial charge < -0.3 is 9.40 Å². The second-order valence-electron chi connectivity index (χ2n) is 7.43. The lowest BCUT2D eigenvalue weighted by Crippen LogP contribution is -2.33. The van der Waals surface area contributed by atoms with E-state index in [0.29, 0.717) is 6.42 Å². The zero-order chi connectivity index (χ0) is 23.2. The van der Waals surface area contributed by atoms with Crippen molar-refractivity contribution in [1.82, 2.24) is 14.6 Å². The molecule has 9 heteroatoms. The number of aryl methyl sites for hydroxylation is 1. The van der Waals surface area contributed by atoms with E-state index >= 15 is 0 Å². The summed E-state index contributed by atoms with van der Waals surface area (Å²) >= 11 is 0.978. The van der Waals surface area contributed by atoms with Crippen LogP contribution in [0.4, 0.5) is 4.79 Å². The topological polar surface area (TPSA) is 86.0 Å². The maximum atomic E-state index is 12.5. The summed E-state index contributed by atoms with van der Waals surface area (Å²) in [4.78, 5) is 39.9. The summed E-state index contributed by atoms with van der Waals surface area (Å²) in [6.45, 7) is 2.02. The first-order valence-corrected chi connectivity index (χ1v) is 11.4. The number of imide groups is 1. The fourth-order valence-corrected chi connectivity index (χ4v) is 4.45. The van der Waals surface area contributed by atoms with E-state index in [1.165, 1.54) is 0 Å². The summed E-state index contributed by atoms with van der Waals surface area (Å²) in [5, 5.41) is 3.91. The summed E-state index contributed by atoms with van der Waals surface area (Å²) in [5.74, 6) is 0.489. The van der Waals surface area contributed by atoms with Gasteiger partial charge in [-0.25, -0.2) is 4.98 Å². The van der Waals surface area contributed by atoms with Gasteiger partial charge in [0, 0.05) is 12.6 Å². The highest BCUT2D eigenvalue weighted by Crippen LogP contribution is 2.29. The molecule has 0 saturated carbocycles. The molecule has 4 rings (SSSR count). The number of oxime groups is 1. The average Bonchev–Trinajstić information content (AvgIpc) is 3.26. The lowest BCUT2D eigenvalue weighted by Gasteiger charge is -2.12. The van der Waals surface area contributed by atoms with Crippen LogP contribution in [-0.4, -0.2) is 50.4 Å². The fraction of sp³-hybridized carbons (Fsp3) is 0.250. The van der Waals surface area contributed by atoms with Gasteiger partial charge in [-0.05, 0) is 30.7 Å². The van der Waals surface area contributed by atoms with Gasteiger partial charge in [-0.3, -0.25) is 14.4 Å². The number of rotatable bonds is 9. The molecule has 1 aliphatic heterocycles. The van der Waals surface area contributed by atoms with Crippen LogP contribution in [0.2, 0.25) is 0 Å². The number of nitrogens with zero attached hydrogens (tertiary/aromatic N) is 4. The van der Waals surface area contributed by atoms with Gasteiger partial charge in [0.05, 0.1) is 22.9 Å². The van der Waals surface area contributed by atoms with Crippen LogP contribution < -0.4 is 0 Å². The molecule has 1 fully saturated rings. The Labute approximate surface area is 196 Å². The van der Waals surface area contributed by atoms with Crippen molar-refractivity contribution in [3.63, 3.8) is 0 Å². The Balaban J connectivity index is 1.26. The van der Waals surface area contributed by atoms with Crippen molar-refractivity contribution in [3.8, 4) is 11.4 Å². The van der Waals surface area contributed by atoms with Gasteiger partial charge >= 0.3 is 5.24 Å². The monoisotopic (exact) mass is 464 g/mol. The fourth-order valence-electron chi connectivity index (χ4n) is 3.49. The van der Waals surface area contributed by atoms with Gasteiger partial charge in [0.15, 0.2) is 0 Å². The van der Waals surface area contributed by atoms with Gasteiger partial charge in [-0.1, -0.05) is 65.8 Å². The van der Waals surface area contributed by atoms with Crippen LogP contribution >= 0.6 is 11.8 Å². The van der Waals surface area contributed by atoms with Crippen molar-refractivity contribution in [3.05, 3.63) is 77.6 Å². The second-order valence-corrected chi connectivity index (χ2v) is 8.58. The Morgan fingerprint density at radius 3 is 2.48 bits per heavy atom. The van der Waals surface area contributed by atoms with Crippen molar-refractivity contribution in [2.45, 2.75) is 18.6 Å². The molecular formula is C24H24N4O4S. The first-order chi connectivity index (χ1) is 16.0. The number of carbonyl (C=O) groups excluding carboxylic acids is 2. The molecule has 3 aromatic rings. The molecule has 170 valence electrons. The van der Waals surface area contributed by atoms with Crippen LogP contribution in [0.15, 0.2) is 65.8 Å². The Kier molecular flexibility index (Phi) is 7.21. The number of thioether (sulfide) groups is 1. The highest BCUT2D eigenvalue weighted by Gasteiger charge is 2.40. The minimum absolute atomic E-state index is 0.0209. The maximum Gasteiger partial charge on any atom is 0.313 e. The van der Waals surface area contributed by atoms with Crippen LogP contribution in [0.25, 0.3) is 11.4 Å². The standard InChI is InChI=1S/C24H24N4O4S/c1-17-20(27(2)22(26-17)19-11-7-4-8-12-19)16-25-31-13-14-32-28-23(29)21(33-24(28)30)15-18-9-5-3-6-10-18/h3-12,16,21H,13-15H2,1-2H3/b25-16+. The minimum Gasteiger partial charge on any atom is -0.393 e. The molecule has 8 nitrogen and oxygen atoms in total. The molecule has 1 atom stereocenters. The molecule has 2 aromatic carbocycles. The molecular weight excluding hydrogens is 440 g/mol. The molecule has 2 heterocycles. The Hall–Kier alpha value is -3.43. The predicted octanol–water partition coefficient (Wildman–Crippen LogP) is 3.98. The van der Waals surface area contributed by atoms with Gasteiger partial charge in [-0.2, -0.15) is 0 Å². The van der Waals surface area contributed by atoms with Crippen LogP contribution in [0.3, 0.4) is 0 Å². The summed E-state index contributed by atoms with van der Waals surface area (Å²) in [6, 6.07) is 19.5. The summed E-state index contributed by atoms with van der Waals surface area (Å²) in [7, 11) is 1.92. The SMILES string of the molecule is Cc1nc(-c2ccccc2)n(C)c1/C=N/OCCON1C(=O)SC(Cc2ccccc2)C1=O. The lowest BCUT2D eigenvalue weighted by atomic mass is 10.1. The number of aromatic nitrogens is 2. The summed E-state index contributed by atoms with van der Waals surface area (Å²) < 4.78 is 1.94. The summed E-state index contributed by atoms with van der Waals surface area (Å²) in [5.41, 5.74) is 3.66. The molecule has 0 N–H and O–H groups in total. The van der Waals surface area contributed by atoms with Gasteiger partial charge in [0.1, 0.15) is 19.0 Å². The molecule has 2 amide bonds. The number of hydroxylamine groups is 2. The van der Waals surface area contributed by atoms with Crippen LogP contribution in [0.5, 0.6) is 0 Å². The quantitative estimate of drug-likeness (QED) is 0.270. The normalized spacial score (nSPS) is 16.2. The van der Waals surface area contributed by atoms with Crippen molar-refractivity contribution >= 4 is 29.1 Å². The number of imidazole rings is 1. The zero-order valence-electron chi connectivity index (χ0n) is 18.4. The Bertz CT molecular complexity index is 1150. The minimum atomic E-state index is -0.481. The van der Waals surface area contributed by atoms with Crippen LogP contribution in [0.1, 0.15) is 17.0 Å². The Morgan fingerprint density at radius 1 is 1.06 bits per heavy atom. The smallest absolute Gasteiger partial charge is 0.313 e.